The second-order valence-electron chi connectivity index (χ2n) is 5.24. The number of ether oxygens (including phenoxy) is 1. The monoisotopic (exact) mass is 364 g/mol. The summed E-state index contributed by atoms with van der Waals surface area (Å²) in [5, 5.41) is 1.79. The molecule has 0 atom stereocenters. The Morgan fingerprint density at radius 3 is 2.46 bits per heavy atom. The molecular weight excluding hydrogens is 348 g/mol. The minimum Gasteiger partial charge on any atom is -0.457 e. The zero-order valence-corrected chi connectivity index (χ0v) is 14.5. The third-order valence-electron chi connectivity index (χ3n) is 3.31. The van der Waals surface area contributed by atoms with Crippen molar-refractivity contribution < 1.29 is 14.3 Å². The first-order valence-corrected chi connectivity index (χ1v) is 8.73. The predicted molar refractivity (Wildman–Crippen MR) is 102 cm³/mol. The van der Waals surface area contributed by atoms with Crippen molar-refractivity contribution in [3.05, 3.63) is 88.6 Å². The maximum absolute atomic E-state index is 11.8. The zero-order chi connectivity index (χ0) is 18.2. The van der Waals surface area contributed by atoms with Crippen LogP contribution in [0, 0.1) is 0 Å². The van der Waals surface area contributed by atoms with E-state index in [1.165, 1.54) is 17.4 Å². The SMILES string of the molecule is O=C(/C=C/c1cccc(Oc2ccccc2)c1)NNC(=O)c1cccs1. The quantitative estimate of drug-likeness (QED) is 0.531. The highest BCUT2D eigenvalue weighted by atomic mass is 32.1. The summed E-state index contributed by atoms with van der Waals surface area (Å²) in [6.45, 7) is 0. The highest BCUT2D eigenvalue weighted by Gasteiger charge is 2.06. The first-order valence-electron chi connectivity index (χ1n) is 7.85. The summed E-state index contributed by atoms with van der Waals surface area (Å²) in [7, 11) is 0. The molecule has 0 spiro atoms. The number of hydrogen-bond acceptors (Lipinski definition) is 4. The number of carbonyl (C=O) groups excluding carboxylic acids is 2. The Labute approximate surface area is 154 Å². The van der Waals surface area contributed by atoms with Crippen molar-refractivity contribution in [3.63, 3.8) is 0 Å². The second-order valence-corrected chi connectivity index (χ2v) is 6.19. The fraction of sp³-hybridized carbons (Fsp3) is 0. The lowest BCUT2D eigenvalue weighted by Gasteiger charge is -2.06. The van der Waals surface area contributed by atoms with Gasteiger partial charge in [0.15, 0.2) is 0 Å². The van der Waals surface area contributed by atoms with Crippen LogP contribution in [0.5, 0.6) is 11.5 Å². The van der Waals surface area contributed by atoms with Crippen molar-refractivity contribution in [2.45, 2.75) is 0 Å². The molecule has 2 aromatic carbocycles. The van der Waals surface area contributed by atoms with E-state index in [4.69, 9.17) is 4.74 Å². The lowest BCUT2D eigenvalue weighted by Crippen LogP contribution is -2.40. The number of benzene rings is 2. The van der Waals surface area contributed by atoms with Gasteiger partial charge < -0.3 is 4.74 Å². The van der Waals surface area contributed by atoms with Crippen LogP contribution in [0.15, 0.2) is 78.2 Å². The van der Waals surface area contributed by atoms with Crippen molar-refractivity contribution in [2.24, 2.45) is 0 Å². The zero-order valence-electron chi connectivity index (χ0n) is 13.7. The average Bonchev–Trinajstić information content (AvgIpc) is 3.20. The minimum atomic E-state index is -0.427. The molecule has 2 amide bonds. The molecule has 3 aromatic rings. The Balaban J connectivity index is 1.55. The summed E-state index contributed by atoms with van der Waals surface area (Å²) in [5.74, 6) is 0.636. The Hall–Kier alpha value is -3.38. The molecule has 3 rings (SSSR count). The van der Waals surface area contributed by atoms with Crippen LogP contribution in [0.2, 0.25) is 0 Å². The third-order valence-corrected chi connectivity index (χ3v) is 4.18. The lowest BCUT2D eigenvalue weighted by molar-refractivity contribution is -0.117. The van der Waals surface area contributed by atoms with Crippen molar-refractivity contribution in [1.29, 1.82) is 0 Å². The van der Waals surface area contributed by atoms with E-state index in [1.807, 2.05) is 54.6 Å². The van der Waals surface area contributed by atoms with Gasteiger partial charge in [-0.15, -0.1) is 11.3 Å². The van der Waals surface area contributed by atoms with Crippen molar-refractivity contribution >= 4 is 29.2 Å². The van der Waals surface area contributed by atoms with Crippen LogP contribution < -0.4 is 15.6 Å². The summed E-state index contributed by atoms with van der Waals surface area (Å²) in [5.41, 5.74) is 5.51. The Kier molecular flexibility index (Phi) is 5.80. The number of amides is 2. The molecule has 2 N–H and O–H groups in total. The molecule has 0 bridgehead atoms. The fourth-order valence-electron chi connectivity index (χ4n) is 2.11. The molecule has 0 aliphatic rings. The van der Waals surface area contributed by atoms with E-state index >= 15 is 0 Å². The molecule has 26 heavy (non-hydrogen) atoms. The van der Waals surface area contributed by atoms with E-state index < -0.39 is 5.91 Å². The Morgan fingerprint density at radius 1 is 0.885 bits per heavy atom. The molecule has 6 heteroatoms. The van der Waals surface area contributed by atoms with Gasteiger partial charge in [0.2, 0.25) is 0 Å². The van der Waals surface area contributed by atoms with Gasteiger partial charge in [0.25, 0.3) is 11.8 Å². The molecule has 1 heterocycles. The van der Waals surface area contributed by atoms with E-state index in [1.54, 1.807) is 23.6 Å². The van der Waals surface area contributed by atoms with Crippen molar-refractivity contribution in [2.75, 3.05) is 0 Å². The molecule has 130 valence electrons. The van der Waals surface area contributed by atoms with Gasteiger partial charge in [0, 0.05) is 6.08 Å². The van der Waals surface area contributed by atoms with Gasteiger partial charge in [-0.1, -0.05) is 36.4 Å². The number of hydrogen-bond donors (Lipinski definition) is 2. The van der Waals surface area contributed by atoms with Crippen LogP contribution in [-0.4, -0.2) is 11.8 Å². The summed E-state index contributed by atoms with van der Waals surface area (Å²) in [6, 6.07) is 20.3. The maximum atomic E-state index is 11.8. The number of thiophene rings is 1. The summed E-state index contributed by atoms with van der Waals surface area (Å²) >= 11 is 1.30. The molecular formula is C20H16N2O3S. The van der Waals surface area contributed by atoms with E-state index in [0.717, 1.165) is 11.3 Å². The van der Waals surface area contributed by atoms with Gasteiger partial charge in [0.05, 0.1) is 4.88 Å². The number of hydrazine groups is 1. The molecule has 0 aliphatic heterocycles. The van der Waals surface area contributed by atoms with Gasteiger partial charge >= 0.3 is 0 Å². The molecule has 0 unspecified atom stereocenters. The van der Waals surface area contributed by atoms with Crippen LogP contribution in [-0.2, 0) is 4.79 Å². The second kappa shape index (κ2) is 8.64. The highest BCUT2D eigenvalue weighted by Crippen LogP contribution is 2.22. The normalized spacial score (nSPS) is 10.5. The van der Waals surface area contributed by atoms with Crippen molar-refractivity contribution in [1.82, 2.24) is 10.9 Å². The van der Waals surface area contributed by atoms with E-state index in [9.17, 15) is 9.59 Å². The van der Waals surface area contributed by atoms with E-state index in [-0.39, 0.29) is 5.91 Å². The van der Waals surface area contributed by atoms with Crippen molar-refractivity contribution in [3.8, 4) is 11.5 Å². The first kappa shape index (κ1) is 17.4. The number of rotatable bonds is 5. The fourth-order valence-corrected chi connectivity index (χ4v) is 2.73. The minimum absolute atomic E-state index is 0.347. The molecule has 1 aromatic heterocycles. The smallest absolute Gasteiger partial charge is 0.279 e. The van der Waals surface area contributed by atoms with E-state index in [2.05, 4.69) is 10.9 Å². The third kappa shape index (κ3) is 5.06. The standard InChI is InChI=1S/C20H16N2O3S/c23-19(21-22-20(24)18-10-5-13-26-18)12-11-15-6-4-9-17(14-15)25-16-7-2-1-3-8-16/h1-14H,(H,21,23)(H,22,24)/b12-11+. The summed E-state index contributed by atoms with van der Waals surface area (Å²) < 4.78 is 5.76. The number of carbonyl (C=O) groups is 2. The van der Waals surface area contributed by atoms with Crippen LogP contribution in [0.3, 0.4) is 0 Å². The lowest BCUT2D eigenvalue weighted by atomic mass is 10.2. The molecule has 0 aliphatic carbocycles. The Bertz CT molecular complexity index is 906. The van der Waals surface area contributed by atoms with Crippen LogP contribution >= 0.6 is 11.3 Å². The predicted octanol–water partition coefficient (Wildman–Crippen LogP) is 4.01. The Morgan fingerprint density at radius 2 is 1.69 bits per heavy atom. The van der Waals surface area contributed by atoms with Gasteiger partial charge in [-0.05, 0) is 47.4 Å². The van der Waals surface area contributed by atoms with Gasteiger partial charge in [-0.2, -0.15) is 0 Å². The molecule has 0 saturated carbocycles. The van der Waals surface area contributed by atoms with Gasteiger partial charge in [-0.25, -0.2) is 0 Å². The number of para-hydroxylation sites is 1. The topological polar surface area (TPSA) is 67.4 Å². The highest BCUT2D eigenvalue weighted by molar-refractivity contribution is 7.12. The van der Waals surface area contributed by atoms with Crippen LogP contribution in [0.25, 0.3) is 6.08 Å². The van der Waals surface area contributed by atoms with Gasteiger partial charge in [-0.3, -0.25) is 20.4 Å². The molecule has 5 nitrogen and oxygen atoms in total. The van der Waals surface area contributed by atoms with Crippen LogP contribution in [0.4, 0.5) is 0 Å². The van der Waals surface area contributed by atoms with E-state index in [0.29, 0.717) is 10.6 Å². The maximum Gasteiger partial charge on any atom is 0.279 e. The molecule has 0 saturated heterocycles. The first-order chi connectivity index (χ1) is 12.7. The molecule has 0 fully saturated rings. The van der Waals surface area contributed by atoms with Crippen LogP contribution in [0.1, 0.15) is 15.2 Å². The number of nitrogens with one attached hydrogen (secondary N) is 2. The van der Waals surface area contributed by atoms with Gasteiger partial charge in [0.1, 0.15) is 11.5 Å². The average molecular weight is 364 g/mol. The molecule has 0 radical (unpaired) electrons. The summed E-state index contributed by atoms with van der Waals surface area (Å²) in [4.78, 5) is 24.1. The largest absolute Gasteiger partial charge is 0.457 e. The summed E-state index contributed by atoms with van der Waals surface area (Å²) in [6.07, 6.45) is 2.99.